The number of carbonyl (C=O) groups excluding carboxylic acids is 1. The zero-order valence-corrected chi connectivity index (χ0v) is 10.1. The van der Waals surface area contributed by atoms with Gasteiger partial charge in [0, 0.05) is 16.8 Å². The fourth-order valence-electron chi connectivity index (χ4n) is 1.10. The summed E-state index contributed by atoms with van der Waals surface area (Å²) >= 11 is 1.51. The highest BCUT2D eigenvalue weighted by Gasteiger charge is 2.20. The van der Waals surface area contributed by atoms with Gasteiger partial charge < -0.3 is 10.4 Å². The molecule has 15 heavy (non-hydrogen) atoms. The van der Waals surface area contributed by atoms with E-state index in [4.69, 9.17) is 5.11 Å². The molecule has 84 valence electrons. The van der Waals surface area contributed by atoms with Crippen molar-refractivity contribution in [1.29, 1.82) is 0 Å². The largest absolute Gasteiger partial charge is 0.391 e. The number of rotatable bonds is 3. The molecule has 1 aromatic heterocycles. The third-order valence-corrected chi connectivity index (χ3v) is 3.05. The lowest BCUT2D eigenvalue weighted by Crippen LogP contribution is -2.34. The van der Waals surface area contributed by atoms with Crippen molar-refractivity contribution in [3.63, 3.8) is 0 Å². The Morgan fingerprint density at radius 1 is 1.53 bits per heavy atom. The fraction of sp³-hybridized carbons (Fsp3) is 0.545. The minimum absolute atomic E-state index is 0.0255. The number of amides is 1. The van der Waals surface area contributed by atoms with Gasteiger partial charge in [-0.15, -0.1) is 11.3 Å². The van der Waals surface area contributed by atoms with Crippen LogP contribution in [0, 0.1) is 5.41 Å². The Kier molecular flexibility index (Phi) is 3.88. The highest BCUT2D eigenvalue weighted by molar-refractivity contribution is 7.10. The van der Waals surface area contributed by atoms with Gasteiger partial charge in [0.15, 0.2) is 0 Å². The molecule has 0 radical (unpaired) electrons. The number of nitrogens with one attached hydrogen (secondary N) is 1. The molecule has 0 saturated carbocycles. The van der Waals surface area contributed by atoms with Gasteiger partial charge >= 0.3 is 0 Å². The molecule has 2 N–H and O–H groups in total. The van der Waals surface area contributed by atoms with Crippen LogP contribution in [-0.2, 0) is 17.9 Å². The predicted octanol–water partition coefficient (Wildman–Crippen LogP) is 1.90. The van der Waals surface area contributed by atoms with Gasteiger partial charge in [0.25, 0.3) is 0 Å². The predicted molar refractivity (Wildman–Crippen MR) is 61.5 cm³/mol. The molecule has 0 unspecified atom stereocenters. The first kappa shape index (κ1) is 12.2. The molecule has 0 bridgehead atoms. The lowest BCUT2D eigenvalue weighted by atomic mass is 9.95. The molecule has 0 spiro atoms. The summed E-state index contributed by atoms with van der Waals surface area (Å²) in [7, 11) is 0. The second-order valence-corrected chi connectivity index (χ2v) is 5.46. The molecular weight excluding hydrogens is 210 g/mol. The quantitative estimate of drug-likeness (QED) is 0.828. The van der Waals surface area contributed by atoms with Crippen LogP contribution in [0.5, 0.6) is 0 Å². The number of hydrogen-bond acceptors (Lipinski definition) is 3. The molecule has 0 aliphatic heterocycles. The maximum Gasteiger partial charge on any atom is 0.225 e. The topological polar surface area (TPSA) is 49.3 Å². The number of carbonyl (C=O) groups is 1. The third-order valence-electron chi connectivity index (χ3n) is 2.10. The number of thiophene rings is 1. The third kappa shape index (κ3) is 3.32. The van der Waals surface area contributed by atoms with Gasteiger partial charge in [0.1, 0.15) is 0 Å². The van der Waals surface area contributed by atoms with Crippen LogP contribution >= 0.6 is 11.3 Å². The zero-order valence-electron chi connectivity index (χ0n) is 9.33. The van der Waals surface area contributed by atoms with Crippen molar-refractivity contribution in [3.8, 4) is 0 Å². The second kappa shape index (κ2) is 4.77. The summed E-state index contributed by atoms with van der Waals surface area (Å²) in [4.78, 5) is 12.5. The van der Waals surface area contributed by atoms with E-state index in [1.54, 1.807) is 0 Å². The van der Waals surface area contributed by atoms with Crippen LogP contribution < -0.4 is 5.32 Å². The minimum atomic E-state index is -0.366. The van der Waals surface area contributed by atoms with E-state index in [-0.39, 0.29) is 17.9 Å². The number of hydrogen-bond donors (Lipinski definition) is 2. The average molecular weight is 227 g/mol. The smallest absolute Gasteiger partial charge is 0.225 e. The highest BCUT2D eigenvalue weighted by Crippen LogP contribution is 2.17. The maximum atomic E-state index is 11.6. The first-order valence-electron chi connectivity index (χ1n) is 4.89. The average Bonchev–Trinajstić information content (AvgIpc) is 2.59. The van der Waals surface area contributed by atoms with Gasteiger partial charge in [-0.3, -0.25) is 4.79 Å². The van der Waals surface area contributed by atoms with E-state index in [0.29, 0.717) is 6.54 Å². The monoisotopic (exact) mass is 227 g/mol. The molecule has 1 rings (SSSR count). The maximum absolute atomic E-state index is 11.6. The van der Waals surface area contributed by atoms with E-state index in [1.165, 1.54) is 11.3 Å². The van der Waals surface area contributed by atoms with Crippen molar-refractivity contribution < 1.29 is 9.90 Å². The number of aliphatic hydroxyl groups is 1. The van der Waals surface area contributed by atoms with Gasteiger partial charge in [0.2, 0.25) is 5.91 Å². The van der Waals surface area contributed by atoms with Crippen molar-refractivity contribution in [2.75, 3.05) is 0 Å². The normalized spacial score (nSPS) is 11.5. The summed E-state index contributed by atoms with van der Waals surface area (Å²) < 4.78 is 0. The van der Waals surface area contributed by atoms with Crippen LogP contribution in [0.1, 0.15) is 31.2 Å². The van der Waals surface area contributed by atoms with Crippen LogP contribution in [0.3, 0.4) is 0 Å². The molecule has 4 heteroatoms. The first-order chi connectivity index (χ1) is 6.95. The minimum Gasteiger partial charge on any atom is -0.391 e. The standard InChI is InChI=1S/C11H17NO2S/c1-11(2,3)10(14)12-6-8-4-5-15-9(8)7-13/h4-5,13H,6-7H2,1-3H3,(H,12,14). The van der Waals surface area contributed by atoms with Crippen molar-refractivity contribution in [1.82, 2.24) is 5.32 Å². The van der Waals surface area contributed by atoms with Crippen LogP contribution in [0.15, 0.2) is 11.4 Å². The van der Waals surface area contributed by atoms with E-state index >= 15 is 0 Å². The van der Waals surface area contributed by atoms with Gasteiger partial charge in [-0.05, 0) is 17.0 Å². The van der Waals surface area contributed by atoms with Gasteiger partial charge in [0.05, 0.1) is 6.61 Å². The number of aliphatic hydroxyl groups excluding tert-OH is 1. The second-order valence-electron chi connectivity index (χ2n) is 4.46. The zero-order chi connectivity index (χ0) is 11.5. The molecular formula is C11H17NO2S. The van der Waals surface area contributed by atoms with Gasteiger partial charge in [-0.2, -0.15) is 0 Å². The summed E-state index contributed by atoms with van der Waals surface area (Å²) in [6.45, 7) is 6.17. The van der Waals surface area contributed by atoms with Crippen LogP contribution in [-0.4, -0.2) is 11.0 Å². The Labute approximate surface area is 94.1 Å². The summed E-state index contributed by atoms with van der Waals surface area (Å²) in [6.07, 6.45) is 0. The van der Waals surface area contributed by atoms with Gasteiger partial charge in [-0.1, -0.05) is 20.8 Å². The molecule has 1 heterocycles. The SMILES string of the molecule is CC(C)(C)C(=O)NCc1ccsc1CO. The van der Waals surface area contributed by atoms with Crippen molar-refractivity contribution in [2.24, 2.45) is 5.41 Å². The Balaban J connectivity index is 2.54. The Morgan fingerprint density at radius 2 is 2.20 bits per heavy atom. The van der Waals surface area contributed by atoms with Gasteiger partial charge in [-0.25, -0.2) is 0 Å². The highest BCUT2D eigenvalue weighted by atomic mass is 32.1. The molecule has 1 aromatic rings. The summed E-state index contributed by atoms with van der Waals surface area (Å²) in [5.41, 5.74) is 0.634. The van der Waals surface area contributed by atoms with E-state index in [1.807, 2.05) is 32.2 Å². The fourth-order valence-corrected chi connectivity index (χ4v) is 1.87. The summed E-state index contributed by atoms with van der Waals surface area (Å²) in [5, 5.41) is 13.8. The van der Waals surface area contributed by atoms with Crippen molar-refractivity contribution in [3.05, 3.63) is 21.9 Å². The first-order valence-corrected chi connectivity index (χ1v) is 5.77. The Hall–Kier alpha value is -0.870. The molecule has 3 nitrogen and oxygen atoms in total. The van der Waals surface area contributed by atoms with Crippen LogP contribution in [0.4, 0.5) is 0 Å². The van der Waals surface area contributed by atoms with Crippen LogP contribution in [0.2, 0.25) is 0 Å². The molecule has 1 amide bonds. The molecule has 0 aliphatic rings. The van der Waals surface area contributed by atoms with E-state index in [9.17, 15) is 4.79 Å². The molecule has 0 aromatic carbocycles. The Morgan fingerprint density at radius 3 is 2.73 bits per heavy atom. The lowest BCUT2D eigenvalue weighted by molar-refractivity contribution is -0.128. The summed E-state index contributed by atoms with van der Waals surface area (Å²) in [6, 6.07) is 1.93. The van der Waals surface area contributed by atoms with Crippen LogP contribution in [0.25, 0.3) is 0 Å². The molecule has 0 atom stereocenters. The molecule has 0 fully saturated rings. The van der Waals surface area contributed by atoms with E-state index in [0.717, 1.165) is 10.4 Å². The van der Waals surface area contributed by atoms with E-state index in [2.05, 4.69) is 5.32 Å². The molecule has 0 aliphatic carbocycles. The van der Waals surface area contributed by atoms with Crippen molar-refractivity contribution >= 4 is 17.2 Å². The van der Waals surface area contributed by atoms with Crippen molar-refractivity contribution in [2.45, 2.75) is 33.9 Å². The Bertz CT molecular complexity index is 339. The lowest BCUT2D eigenvalue weighted by Gasteiger charge is -2.17. The van der Waals surface area contributed by atoms with E-state index < -0.39 is 0 Å². The molecule has 0 saturated heterocycles. The summed E-state index contributed by atoms with van der Waals surface area (Å²) in [5.74, 6) is 0.0255.